The summed E-state index contributed by atoms with van der Waals surface area (Å²) in [5.41, 5.74) is 0. The monoisotopic (exact) mass is 181 g/mol. The molecule has 1 heterocycles. The van der Waals surface area contributed by atoms with Crippen LogP contribution in [0.15, 0.2) is 0 Å². The first-order chi connectivity index (χ1) is 6.16. The fourth-order valence-electron chi connectivity index (χ4n) is 3.16. The van der Waals surface area contributed by atoms with E-state index in [0.717, 1.165) is 29.7 Å². The molecule has 2 aliphatic rings. The first kappa shape index (κ1) is 9.51. The number of fused-ring (bicyclic) bond motifs is 1. The number of hydrogen-bond acceptors (Lipinski definition) is 1. The van der Waals surface area contributed by atoms with Gasteiger partial charge in [-0.15, -0.1) is 0 Å². The Bertz CT molecular complexity index is 178. The predicted octanol–water partition coefficient (Wildman–Crippen LogP) is 2.67. The van der Waals surface area contributed by atoms with Gasteiger partial charge in [0.05, 0.1) is 0 Å². The molecule has 1 nitrogen and oxygen atoms in total. The molecule has 1 saturated heterocycles. The number of hydrogen-bond donors (Lipinski definition) is 1. The van der Waals surface area contributed by atoms with Crippen molar-refractivity contribution in [1.29, 1.82) is 0 Å². The topological polar surface area (TPSA) is 12.0 Å². The van der Waals surface area contributed by atoms with Crippen LogP contribution in [-0.4, -0.2) is 12.6 Å². The average molecular weight is 181 g/mol. The molecule has 0 aromatic rings. The molecule has 2 fully saturated rings. The van der Waals surface area contributed by atoms with Crippen molar-refractivity contribution < 1.29 is 0 Å². The highest BCUT2D eigenvalue weighted by Crippen LogP contribution is 2.38. The standard InChI is InChI=1S/C12H23N/c1-8-4-11-5-9(2)10(3)6-12(11)13-7-8/h8-13H,4-7H2,1-3H3. The molecule has 2 rings (SSSR count). The van der Waals surface area contributed by atoms with Gasteiger partial charge < -0.3 is 5.32 Å². The molecular weight excluding hydrogens is 158 g/mol. The molecule has 5 unspecified atom stereocenters. The molecular formula is C12H23N. The van der Waals surface area contributed by atoms with E-state index in [-0.39, 0.29) is 0 Å². The second kappa shape index (κ2) is 3.61. The predicted molar refractivity (Wildman–Crippen MR) is 56.6 cm³/mol. The van der Waals surface area contributed by atoms with Gasteiger partial charge in [0.2, 0.25) is 0 Å². The van der Waals surface area contributed by atoms with Crippen molar-refractivity contribution in [3.63, 3.8) is 0 Å². The Labute approximate surface area is 82.3 Å². The third-order valence-electron chi connectivity index (χ3n) is 4.27. The van der Waals surface area contributed by atoms with Crippen LogP contribution in [0.3, 0.4) is 0 Å². The van der Waals surface area contributed by atoms with Gasteiger partial charge in [-0.3, -0.25) is 0 Å². The van der Waals surface area contributed by atoms with Gasteiger partial charge in [-0.2, -0.15) is 0 Å². The van der Waals surface area contributed by atoms with Crippen LogP contribution in [0.4, 0.5) is 0 Å². The van der Waals surface area contributed by atoms with Crippen molar-refractivity contribution in [3.8, 4) is 0 Å². The minimum absolute atomic E-state index is 0.849. The summed E-state index contributed by atoms with van der Waals surface area (Å²) in [5, 5.41) is 3.72. The van der Waals surface area contributed by atoms with Crippen molar-refractivity contribution in [3.05, 3.63) is 0 Å². The molecule has 0 aromatic heterocycles. The van der Waals surface area contributed by atoms with E-state index in [9.17, 15) is 0 Å². The first-order valence-electron chi connectivity index (χ1n) is 5.90. The highest BCUT2D eigenvalue weighted by atomic mass is 14.9. The second-order valence-electron chi connectivity index (χ2n) is 5.54. The van der Waals surface area contributed by atoms with Gasteiger partial charge in [-0.1, -0.05) is 20.8 Å². The summed E-state index contributed by atoms with van der Waals surface area (Å²) in [6, 6.07) is 0.849. The summed E-state index contributed by atoms with van der Waals surface area (Å²) in [6.45, 7) is 8.48. The van der Waals surface area contributed by atoms with Crippen molar-refractivity contribution in [2.45, 2.75) is 46.1 Å². The molecule has 0 radical (unpaired) electrons. The molecule has 1 aliphatic heterocycles. The third-order valence-corrected chi connectivity index (χ3v) is 4.27. The Morgan fingerprint density at radius 1 is 0.923 bits per heavy atom. The maximum absolute atomic E-state index is 3.72. The molecule has 0 amide bonds. The van der Waals surface area contributed by atoms with Gasteiger partial charge >= 0.3 is 0 Å². The van der Waals surface area contributed by atoms with Gasteiger partial charge in [0.25, 0.3) is 0 Å². The van der Waals surface area contributed by atoms with Crippen LogP contribution in [0.5, 0.6) is 0 Å². The normalized spacial score (nSPS) is 51.5. The van der Waals surface area contributed by atoms with Crippen molar-refractivity contribution in [1.82, 2.24) is 5.32 Å². The zero-order valence-corrected chi connectivity index (χ0v) is 9.22. The number of nitrogens with one attached hydrogen (secondary N) is 1. The summed E-state index contributed by atoms with van der Waals surface area (Å²) in [5.74, 6) is 3.77. The van der Waals surface area contributed by atoms with Gasteiger partial charge in [0, 0.05) is 6.04 Å². The highest BCUT2D eigenvalue weighted by Gasteiger charge is 2.35. The fourth-order valence-corrected chi connectivity index (χ4v) is 3.16. The lowest BCUT2D eigenvalue weighted by Gasteiger charge is -2.44. The fraction of sp³-hybridized carbons (Fsp3) is 1.00. The van der Waals surface area contributed by atoms with Crippen LogP contribution in [0, 0.1) is 23.7 Å². The zero-order valence-electron chi connectivity index (χ0n) is 9.22. The minimum Gasteiger partial charge on any atom is -0.313 e. The lowest BCUT2D eigenvalue weighted by Crippen LogP contribution is -2.49. The first-order valence-corrected chi connectivity index (χ1v) is 5.90. The van der Waals surface area contributed by atoms with E-state index in [2.05, 4.69) is 26.1 Å². The zero-order chi connectivity index (χ0) is 9.42. The Kier molecular flexibility index (Phi) is 2.64. The van der Waals surface area contributed by atoms with E-state index >= 15 is 0 Å². The highest BCUT2D eigenvalue weighted by molar-refractivity contribution is 4.90. The quantitative estimate of drug-likeness (QED) is 0.606. The van der Waals surface area contributed by atoms with Crippen molar-refractivity contribution in [2.24, 2.45) is 23.7 Å². The third kappa shape index (κ3) is 1.90. The van der Waals surface area contributed by atoms with E-state index in [4.69, 9.17) is 0 Å². The largest absolute Gasteiger partial charge is 0.313 e. The van der Waals surface area contributed by atoms with Crippen LogP contribution in [0.1, 0.15) is 40.0 Å². The van der Waals surface area contributed by atoms with E-state index in [1.807, 2.05) is 0 Å². The Hall–Kier alpha value is -0.0400. The summed E-state index contributed by atoms with van der Waals surface area (Å²) < 4.78 is 0. The Morgan fingerprint density at radius 3 is 2.38 bits per heavy atom. The molecule has 1 N–H and O–H groups in total. The van der Waals surface area contributed by atoms with Crippen molar-refractivity contribution in [2.75, 3.05) is 6.54 Å². The molecule has 1 saturated carbocycles. The summed E-state index contributed by atoms with van der Waals surface area (Å²) in [7, 11) is 0. The Balaban J connectivity index is 1.98. The molecule has 1 aliphatic carbocycles. The summed E-state index contributed by atoms with van der Waals surface area (Å²) in [6.07, 6.45) is 4.34. The van der Waals surface area contributed by atoms with E-state index in [0.29, 0.717) is 0 Å². The van der Waals surface area contributed by atoms with Crippen LogP contribution in [-0.2, 0) is 0 Å². The van der Waals surface area contributed by atoms with Crippen LogP contribution in [0.2, 0.25) is 0 Å². The second-order valence-corrected chi connectivity index (χ2v) is 5.54. The smallest absolute Gasteiger partial charge is 0.00982 e. The molecule has 13 heavy (non-hydrogen) atoms. The van der Waals surface area contributed by atoms with E-state index < -0.39 is 0 Å². The molecule has 0 aromatic carbocycles. The van der Waals surface area contributed by atoms with E-state index in [1.54, 1.807) is 0 Å². The molecule has 0 spiro atoms. The maximum Gasteiger partial charge on any atom is 0.00982 e. The Morgan fingerprint density at radius 2 is 1.62 bits per heavy atom. The van der Waals surface area contributed by atoms with Gasteiger partial charge in [-0.25, -0.2) is 0 Å². The summed E-state index contributed by atoms with van der Waals surface area (Å²) in [4.78, 5) is 0. The molecule has 76 valence electrons. The lowest BCUT2D eigenvalue weighted by atomic mass is 9.69. The molecule has 5 atom stereocenters. The van der Waals surface area contributed by atoms with Crippen LogP contribution in [0.25, 0.3) is 0 Å². The van der Waals surface area contributed by atoms with Crippen LogP contribution < -0.4 is 5.32 Å². The van der Waals surface area contributed by atoms with Gasteiger partial charge in [0.15, 0.2) is 0 Å². The van der Waals surface area contributed by atoms with E-state index in [1.165, 1.54) is 25.8 Å². The minimum atomic E-state index is 0.849. The summed E-state index contributed by atoms with van der Waals surface area (Å²) >= 11 is 0. The SMILES string of the molecule is CC1CNC2CC(C)C(C)CC2C1. The average Bonchev–Trinajstić information content (AvgIpc) is 2.08. The van der Waals surface area contributed by atoms with Gasteiger partial charge in [-0.05, 0) is 49.5 Å². The number of piperidine rings is 1. The lowest BCUT2D eigenvalue weighted by molar-refractivity contribution is 0.106. The molecule has 0 bridgehead atoms. The molecule has 1 heteroatoms. The number of rotatable bonds is 0. The van der Waals surface area contributed by atoms with Gasteiger partial charge in [0.1, 0.15) is 0 Å². The van der Waals surface area contributed by atoms with Crippen molar-refractivity contribution >= 4 is 0 Å². The van der Waals surface area contributed by atoms with Crippen LogP contribution >= 0.6 is 0 Å². The maximum atomic E-state index is 3.72.